The predicted molar refractivity (Wildman–Crippen MR) is 49.5 cm³/mol. The Morgan fingerprint density at radius 2 is 2.55 bits per heavy atom. The number of amides is 1. The van der Waals surface area contributed by atoms with Gasteiger partial charge in [0.1, 0.15) is 0 Å². The highest BCUT2D eigenvalue weighted by atomic mass is 79.9. The summed E-state index contributed by atoms with van der Waals surface area (Å²) in [5, 5.41) is 0.0451. The lowest BCUT2D eigenvalue weighted by Crippen LogP contribution is -2.18. The minimum Gasteiger partial charge on any atom is -0.278 e. The molecule has 60 valence electrons. The number of rotatable bonds is 1. The molecule has 1 heterocycles. The third-order valence-corrected chi connectivity index (χ3v) is 2.82. The smallest absolute Gasteiger partial charge is 0.278 e. The summed E-state index contributed by atoms with van der Waals surface area (Å²) >= 11 is 9.79. The van der Waals surface area contributed by atoms with Crippen molar-refractivity contribution >= 4 is 49.4 Å². The molecule has 11 heavy (non-hydrogen) atoms. The Morgan fingerprint density at radius 3 is 2.91 bits per heavy atom. The summed E-state index contributed by atoms with van der Waals surface area (Å²) < 4.78 is 0.872. The molecule has 3 nitrogen and oxygen atoms in total. The van der Waals surface area contributed by atoms with Gasteiger partial charge in [0.2, 0.25) is 0 Å². The normalized spacial score (nSPS) is 9.73. The van der Waals surface area contributed by atoms with Crippen LogP contribution in [0.3, 0.4) is 0 Å². The van der Waals surface area contributed by atoms with Crippen LogP contribution in [0, 0.1) is 0 Å². The van der Waals surface area contributed by atoms with Crippen molar-refractivity contribution in [3.63, 3.8) is 0 Å². The molecule has 0 bridgehead atoms. The molecule has 1 aromatic heterocycles. The van der Waals surface area contributed by atoms with Gasteiger partial charge in [-0.2, -0.15) is 0 Å². The van der Waals surface area contributed by atoms with E-state index in [0.29, 0.717) is 5.13 Å². The second-order valence-corrected chi connectivity index (χ2v) is 4.47. The number of anilines is 1. The predicted octanol–water partition coefficient (Wildman–Crippen LogP) is 2.70. The molecule has 0 radical (unpaired) electrons. The summed E-state index contributed by atoms with van der Waals surface area (Å²) in [5.41, 5.74) is 0. The van der Waals surface area contributed by atoms with Gasteiger partial charge < -0.3 is 0 Å². The first kappa shape index (κ1) is 8.96. The highest BCUT2D eigenvalue weighted by Crippen LogP contribution is 2.26. The summed E-state index contributed by atoms with van der Waals surface area (Å²) in [6.07, 6.45) is 1.62. The number of halogens is 2. The summed E-state index contributed by atoms with van der Waals surface area (Å²) in [4.78, 5) is 15.8. The Bertz CT molecular complexity index is 277. The molecule has 0 spiro atoms. The number of hydrogen-bond acceptors (Lipinski definition) is 3. The molecule has 0 atom stereocenters. The molecule has 0 saturated heterocycles. The average molecular weight is 256 g/mol. The van der Waals surface area contributed by atoms with E-state index in [9.17, 15) is 4.79 Å². The monoisotopic (exact) mass is 254 g/mol. The molecule has 0 unspecified atom stereocenters. The standard InChI is InChI=1S/C5H4BrClN2OS/c1-9(4(7)10)5-8-2-3(6)11-5/h2H,1H3. The van der Waals surface area contributed by atoms with Gasteiger partial charge in [-0.25, -0.2) is 4.98 Å². The molecule has 6 heteroatoms. The molecule has 0 fully saturated rings. The second kappa shape index (κ2) is 3.51. The maximum atomic E-state index is 10.6. The van der Waals surface area contributed by atoms with E-state index < -0.39 is 5.37 Å². The van der Waals surface area contributed by atoms with Crippen molar-refractivity contribution in [1.29, 1.82) is 0 Å². The van der Waals surface area contributed by atoms with Crippen molar-refractivity contribution in [3.05, 3.63) is 9.98 Å². The van der Waals surface area contributed by atoms with Crippen molar-refractivity contribution in [3.8, 4) is 0 Å². The maximum Gasteiger partial charge on any atom is 0.322 e. The lowest BCUT2D eigenvalue weighted by molar-refractivity contribution is 0.265. The first-order chi connectivity index (χ1) is 5.11. The van der Waals surface area contributed by atoms with Crippen LogP contribution in [0.1, 0.15) is 0 Å². The zero-order valence-corrected chi connectivity index (χ0v) is 8.70. The highest BCUT2D eigenvalue weighted by Gasteiger charge is 2.10. The van der Waals surface area contributed by atoms with Crippen molar-refractivity contribution < 1.29 is 4.79 Å². The van der Waals surface area contributed by atoms with Crippen LogP contribution in [-0.4, -0.2) is 17.4 Å². The van der Waals surface area contributed by atoms with E-state index in [-0.39, 0.29) is 0 Å². The Kier molecular flexibility index (Phi) is 2.86. The zero-order valence-electron chi connectivity index (χ0n) is 5.54. The summed E-state index contributed by atoms with van der Waals surface area (Å²) in [6.45, 7) is 0. The van der Waals surface area contributed by atoms with Gasteiger partial charge in [0.05, 0.1) is 9.98 Å². The molecule has 0 aliphatic heterocycles. The van der Waals surface area contributed by atoms with E-state index in [4.69, 9.17) is 11.6 Å². The van der Waals surface area contributed by atoms with Gasteiger partial charge in [-0.3, -0.25) is 9.69 Å². The van der Waals surface area contributed by atoms with Gasteiger partial charge in [0.25, 0.3) is 0 Å². The zero-order chi connectivity index (χ0) is 8.43. The summed E-state index contributed by atoms with van der Waals surface area (Å²) in [7, 11) is 1.57. The fourth-order valence-electron chi connectivity index (χ4n) is 0.476. The fourth-order valence-corrected chi connectivity index (χ4v) is 1.75. The highest BCUT2D eigenvalue weighted by molar-refractivity contribution is 9.11. The van der Waals surface area contributed by atoms with Crippen LogP contribution in [0.4, 0.5) is 9.93 Å². The molecule has 1 rings (SSSR count). The first-order valence-electron chi connectivity index (χ1n) is 2.66. The SMILES string of the molecule is CN(C(=O)Cl)c1ncc(Br)s1. The van der Waals surface area contributed by atoms with Gasteiger partial charge in [-0.05, 0) is 27.5 Å². The molecule has 0 saturated carbocycles. The van der Waals surface area contributed by atoms with Crippen LogP contribution >= 0.6 is 38.9 Å². The minimum absolute atomic E-state index is 0.535. The molecule has 1 aromatic rings. The molecule has 0 aliphatic rings. The van der Waals surface area contributed by atoms with Crippen molar-refractivity contribution in [2.24, 2.45) is 0 Å². The number of thiazole rings is 1. The second-order valence-electron chi connectivity index (χ2n) is 1.76. The van der Waals surface area contributed by atoms with Crippen molar-refractivity contribution in [2.45, 2.75) is 0 Å². The Hall–Kier alpha value is -0.130. The van der Waals surface area contributed by atoms with Gasteiger partial charge in [-0.15, -0.1) is 0 Å². The van der Waals surface area contributed by atoms with Crippen LogP contribution in [0.5, 0.6) is 0 Å². The Balaban J connectivity index is 2.84. The summed E-state index contributed by atoms with van der Waals surface area (Å²) in [5.74, 6) is 0. The van der Waals surface area contributed by atoms with Crippen LogP contribution in [0.15, 0.2) is 9.98 Å². The van der Waals surface area contributed by atoms with Crippen LogP contribution in [0.25, 0.3) is 0 Å². The van der Waals surface area contributed by atoms with Crippen LogP contribution in [-0.2, 0) is 0 Å². The molecule has 0 N–H and O–H groups in total. The van der Waals surface area contributed by atoms with Gasteiger partial charge in [0.15, 0.2) is 5.13 Å². The number of nitrogens with zero attached hydrogens (tertiary/aromatic N) is 2. The minimum atomic E-state index is -0.535. The van der Waals surface area contributed by atoms with Gasteiger partial charge in [0, 0.05) is 7.05 Å². The van der Waals surface area contributed by atoms with Crippen molar-refractivity contribution in [1.82, 2.24) is 4.98 Å². The third-order valence-electron chi connectivity index (χ3n) is 1.02. The quantitative estimate of drug-likeness (QED) is 0.571. The van der Waals surface area contributed by atoms with Gasteiger partial charge in [-0.1, -0.05) is 11.3 Å². The number of hydrogen-bond donors (Lipinski definition) is 0. The van der Waals surface area contributed by atoms with E-state index in [1.165, 1.54) is 16.2 Å². The number of carbonyl (C=O) groups is 1. The Morgan fingerprint density at radius 1 is 1.91 bits per heavy atom. The summed E-state index contributed by atoms with van der Waals surface area (Å²) in [6, 6.07) is 0. The fraction of sp³-hybridized carbons (Fsp3) is 0.200. The van der Waals surface area contributed by atoms with Crippen molar-refractivity contribution in [2.75, 3.05) is 11.9 Å². The topological polar surface area (TPSA) is 33.2 Å². The van der Waals surface area contributed by atoms with E-state index in [1.54, 1.807) is 13.2 Å². The molecular formula is C5H4BrClN2OS. The van der Waals surface area contributed by atoms with Crippen LogP contribution < -0.4 is 4.90 Å². The van der Waals surface area contributed by atoms with E-state index in [2.05, 4.69) is 20.9 Å². The molecule has 0 aromatic carbocycles. The first-order valence-corrected chi connectivity index (χ1v) is 4.64. The third kappa shape index (κ3) is 2.15. The lowest BCUT2D eigenvalue weighted by atomic mass is 10.9. The molecule has 0 aliphatic carbocycles. The molecule has 1 amide bonds. The van der Waals surface area contributed by atoms with E-state index >= 15 is 0 Å². The van der Waals surface area contributed by atoms with Crippen LogP contribution in [0.2, 0.25) is 0 Å². The number of aromatic nitrogens is 1. The van der Waals surface area contributed by atoms with Gasteiger partial charge >= 0.3 is 5.37 Å². The largest absolute Gasteiger partial charge is 0.322 e. The average Bonchev–Trinajstić information content (AvgIpc) is 2.34. The Labute approximate surface area is 81.1 Å². The van der Waals surface area contributed by atoms with E-state index in [0.717, 1.165) is 3.79 Å². The maximum absolute atomic E-state index is 10.6. The molecular weight excluding hydrogens is 251 g/mol. The lowest BCUT2D eigenvalue weighted by Gasteiger charge is -2.06. The van der Waals surface area contributed by atoms with E-state index in [1.807, 2.05) is 0 Å². The number of carbonyl (C=O) groups excluding carboxylic acids is 1.